The number of carbonyl (C=O) groups excluding carboxylic acids is 1. The molecule has 2 heterocycles. The summed E-state index contributed by atoms with van der Waals surface area (Å²) >= 11 is 8.24. The minimum Gasteiger partial charge on any atom is -0.481 e. The molecule has 4 nitrogen and oxygen atoms in total. The van der Waals surface area contributed by atoms with Crippen LogP contribution >= 0.6 is 43.2 Å². The van der Waals surface area contributed by atoms with Crippen molar-refractivity contribution >= 4 is 55.1 Å². The zero-order chi connectivity index (χ0) is 15.6. The summed E-state index contributed by atoms with van der Waals surface area (Å²) < 4.78 is 1.71. The van der Waals surface area contributed by atoms with Crippen LogP contribution in [0.4, 0.5) is 0 Å². The van der Waals surface area contributed by atoms with Crippen molar-refractivity contribution in [3.8, 4) is 0 Å². The van der Waals surface area contributed by atoms with Crippen molar-refractivity contribution in [3.63, 3.8) is 0 Å². The fourth-order valence-electron chi connectivity index (χ4n) is 2.84. The predicted molar refractivity (Wildman–Crippen MR) is 89.8 cm³/mol. The van der Waals surface area contributed by atoms with Crippen LogP contribution in [0.2, 0.25) is 0 Å². The SMILES string of the molecule is CCCC1(C(=O)O)CCN(C(=O)c2cc(Br)sc2Br)CC1. The van der Waals surface area contributed by atoms with E-state index in [1.807, 2.05) is 13.0 Å². The molecule has 1 aliphatic rings. The van der Waals surface area contributed by atoms with Gasteiger partial charge in [0.25, 0.3) is 5.91 Å². The molecule has 1 amide bonds. The number of carboxylic acids is 1. The summed E-state index contributed by atoms with van der Waals surface area (Å²) in [6.07, 6.45) is 2.59. The quantitative estimate of drug-likeness (QED) is 0.758. The molecule has 1 saturated heterocycles. The highest BCUT2D eigenvalue weighted by molar-refractivity contribution is 9.12. The zero-order valence-electron chi connectivity index (χ0n) is 11.7. The molecule has 1 N–H and O–H groups in total. The molecule has 1 aromatic rings. The van der Waals surface area contributed by atoms with Crippen LogP contribution in [-0.4, -0.2) is 35.0 Å². The number of nitrogens with zero attached hydrogens (tertiary/aromatic N) is 1. The molecule has 0 unspecified atom stereocenters. The Morgan fingerprint density at radius 1 is 1.38 bits per heavy atom. The number of amides is 1. The lowest BCUT2D eigenvalue weighted by atomic mass is 9.75. The summed E-state index contributed by atoms with van der Waals surface area (Å²) in [5.41, 5.74) is -0.0111. The van der Waals surface area contributed by atoms with Crippen LogP contribution in [0.5, 0.6) is 0 Å². The maximum absolute atomic E-state index is 12.5. The van der Waals surface area contributed by atoms with Crippen LogP contribution in [0.1, 0.15) is 43.0 Å². The molecule has 0 aliphatic carbocycles. The topological polar surface area (TPSA) is 57.6 Å². The van der Waals surface area contributed by atoms with Gasteiger partial charge in [-0.15, -0.1) is 11.3 Å². The van der Waals surface area contributed by atoms with Gasteiger partial charge >= 0.3 is 5.97 Å². The lowest BCUT2D eigenvalue weighted by molar-refractivity contribution is -0.152. The molecule has 0 radical (unpaired) electrons. The first-order chi connectivity index (χ1) is 9.89. The summed E-state index contributed by atoms with van der Waals surface area (Å²) in [5, 5.41) is 9.49. The largest absolute Gasteiger partial charge is 0.481 e. The van der Waals surface area contributed by atoms with Crippen molar-refractivity contribution < 1.29 is 14.7 Å². The molecule has 116 valence electrons. The normalized spacial score (nSPS) is 17.8. The van der Waals surface area contributed by atoms with E-state index in [1.54, 1.807) is 4.90 Å². The average molecular weight is 439 g/mol. The van der Waals surface area contributed by atoms with Gasteiger partial charge in [0, 0.05) is 13.1 Å². The van der Waals surface area contributed by atoms with E-state index in [0.717, 1.165) is 14.0 Å². The first-order valence-corrected chi connectivity index (χ1v) is 9.27. The highest BCUT2D eigenvalue weighted by Crippen LogP contribution is 2.38. The van der Waals surface area contributed by atoms with Crippen molar-refractivity contribution in [2.45, 2.75) is 32.6 Å². The maximum atomic E-state index is 12.5. The Balaban J connectivity index is 2.08. The number of hydrogen-bond acceptors (Lipinski definition) is 3. The number of piperidine rings is 1. The van der Waals surface area contributed by atoms with Gasteiger partial charge in [-0.3, -0.25) is 9.59 Å². The Bertz CT molecular complexity index is 550. The second-order valence-electron chi connectivity index (χ2n) is 5.37. The van der Waals surface area contributed by atoms with Gasteiger partial charge in [-0.05, 0) is 57.2 Å². The zero-order valence-corrected chi connectivity index (χ0v) is 15.7. The predicted octanol–water partition coefficient (Wildman–Crippen LogP) is 4.38. The van der Waals surface area contributed by atoms with E-state index in [1.165, 1.54) is 11.3 Å². The molecule has 1 aromatic heterocycles. The summed E-state index contributed by atoms with van der Waals surface area (Å²) in [7, 11) is 0. The molecule has 21 heavy (non-hydrogen) atoms. The van der Waals surface area contributed by atoms with E-state index in [0.29, 0.717) is 37.9 Å². The van der Waals surface area contributed by atoms with Crippen molar-refractivity contribution in [2.75, 3.05) is 13.1 Å². The molecule has 1 fully saturated rings. The molecular weight excluding hydrogens is 422 g/mol. The summed E-state index contributed by atoms with van der Waals surface area (Å²) in [6, 6.07) is 1.81. The Morgan fingerprint density at radius 2 is 2.00 bits per heavy atom. The number of hydrogen-bond donors (Lipinski definition) is 1. The Morgan fingerprint density at radius 3 is 2.43 bits per heavy atom. The van der Waals surface area contributed by atoms with Gasteiger partial charge in [0.15, 0.2) is 0 Å². The van der Waals surface area contributed by atoms with E-state index in [-0.39, 0.29) is 5.91 Å². The summed E-state index contributed by atoms with van der Waals surface area (Å²) in [6.45, 7) is 3.01. The van der Waals surface area contributed by atoms with Gasteiger partial charge in [0.2, 0.25) is 0 Å². The smallest absolute Gasteiger partial charge is 0.309 e. The highest BCUT2D eigenvalue weighted by Gasteiger charge is 2.41. The number of rotatable bonds is 4. The molecule has 0 aromatic carbocycles. The van der Waals surface area contributed by atoms with E-state index in [4.69, 9.17) is 0 Å². The average Bonchev–Trinajstić information content (AvgIpc) is 2.78. The molecule has 7 heteroatoms. The second-order valence-corrected chi connectivity index (χ2v) is 9.11. The molecule has 0 spiro atoms. The third-order valence-electron chi connectivity index (χ3n) is 4.08. The first kappa shape index (κ1) is 17.0. The van der Waals surface area contributed by atoms with Crippen LogP contribution in [0, 0.1) is 5.41 Å². The number of likely N-dealkylation sites (tertiary alicyclic amines) is 1. The van der Waals surface area contributed by atoms with Crippen molar-refractivity contribution in [3.05, 3.63) is 19.2 Å². The van der Waals surface area contributed by atoms with Gasteiger partial charge < -0.3 is 10.0 Å². The molecule has 2 rings (SSSR count). The third kappa shape index (κ3) is 3.51. The third-order valence-corrected chi connectivity index (χ3v) is 6.42. The monoisotopic (exact) mass is 437 g/mol. The van der Waals surface area contributed by atoms with Crippen LogP contribution in [0.25, 0.3) is 0 Å². The standard InChI is InChI=1S/C14H17Br2NO3S/c1-2-3-14(13(19)20)4-6-17(7-5-14)12(18)9-8-10(15)21-11(9)16/h8H,2-7H2,1H3,(H,19,20). The number of halogens is 2. The van der Waals surface area contributed by atoms with E-state index < -0.39 is 11.4 Å². The molecule has 0 atom stereocenters. The Labute approximate surface area is 144 Å². The van der Waals surface area contributed by atoms with Crippen molar-refractivity contribution in [1.29, 1.82) is 0 Å². The maximum Gasteiger partial charge on any atom is 0.309 e. The van der Waals surface area contributed by atoms with E-state index >= 15 is 0 Å². The van der Waals surface area contributed by atoms with Crippen LogP contribution in [-0.2, 0) is 4.79 Å². The second kappa shape index (κ2) is 6.79. The van der Waals surface area contributed by atoms with Crippen LogP contribution in [0.3, 0.4) is 0 Å². The number of aliphatic carboxylic acids is 1. The highest BCUT2D eigenvalue weighted by atomic mass is 79.9. The summed E-state index contributed by atoms with van der Waals surface area (Å²) in [5.74, 6) is -0.754. The van der Waals surface area contributed by atoms with Crippen LogP contribution < -0.4 is 0 Å². The Hall–Kier alpha value is -0.400. The first-order valence-electron chi connectivity index (χ1n) is 6.87. The summed E-state index contributed by atoms with van der Waals surface area (Å²) in [4.78, 5) is 25.8. The molecular formula is C14H17Br2NO3S. The number of carboxylic acid groups (broad SMARTS) is 1. The fraction of sp³-hybridized carbons (Fsp3) is 0.571. The van der Waals surface area contributed by atoms with Gasteiger partial charge in [0.05, 0.1) is 18.6 Å². The molecule has 0 bridgehead atoms. The van der Waals surface area contributed by atoms with Gasteiger partial charge in [-0.1, -0.05) is 13.3 Å². The Kier molecular flexibility index (Phi) is 5.48. The number of thiophene rings is 1. The molecule has 0 saturated carbocycles. The van der Waals surface area contributed by atoms with Gasteiger partial charge in [-0.2, -0.15) is 0 Å². The van der Waals surface area contributed by atoms with Crippen molar-refractivity contribution in [1.82, 2.24) is 4.90 Å². The minimum absolute atomic E-state index is 0.0284. The van der Waals surface area contributed by atoms with Gasteiger partial charge in [-0.25, -0.2) is 0 Å². The lowest BCUT2D eigenvalue weighted by Crippen LogP contribution is -2.46. The lowest BCUT2D eigenvalue weighted by Gasteiger charge is -2.38. The minimum atomic E-state index is -0.726. The van der Waals surface area contributed by atoms with E-state index in [9.17, 15) is 14.7 Å². The van der Waals surface area contributed by atoms with Crippen LogP contribution in [0.15, 0.2) is 13.6 Å². The van der Waals surface area contributed by atoms with E-state index in [2.05, 4.69) is 31.9 Å². The fourth-order valence-corrected chi connectivity index (χ4v) is 5.62. The van der Waals surface area contributed by atoms with Gasteiger partial charge in [0.1, 0.15) is 0 Å². The van der Waals surface area contributed by atoms with Crippen molar-refractivity contribution in [2.24, 2.45) is 5.41 Å². The molecule has 1 aliphatic heterocycles. The number of carbonyl (C=O) groups is 2.